The number of benzene rings is 1. The van der Waals surface area contributed by atoms with Gasteiger partial charge in [-0.25, -0.2) is 4.79 Å². The number of ether oxygens (including phenoxy) is 1. The highest BCUT2D eigenvalue weighted by Gasteiger charge is 2.27. The lowest BCUT2D eigenvalue weighted by atomic mass is 10.0. The summed E-state index contributed by atoms with van der Waals surface area (Å²) in [6.07, 6.45) is 0.720. The second-order valence-corrected chi connectivity index (χ2v) is 6.34. The molecular weight excluding hydrogens is 334 g/mol. The van der Waals surface area contributed by atoms with Crippen LogP contribution in [0.2, 0.25) is 0 Å². The molecule has 0 heterocycles. The maximum atomic E-state index is 12.4. The Morgan fingerprint density at radius 2 is 1.69 bits per heavy atom. The number of hydrogen-bond acceptors (Lipinski definition) is 4. The summed E-state index contributed by atoms with van der Waals surface area (Å²) in [5.74, 6) is -0.986. The molecule has 0 aliphatic carbocycles. The molecule has 0 radical (unpaired) electrons. The van der Waals surface area contributed by atoms with Gasteiger partial charge in [-0.05, 0) is 31.9 Å². The Morgan fingerprint density at radius 1 is 1.08 bits per heavy atom. The molecule has 0 aliphatic heterocycles. The van der Waals surface area contributed by atoms with Gasteiger partial charge in [-0.2, -0.15) is 0 Å². The average molecular weight is 361 g/mol. The van der Waals surface area contributed by atoms with Gasteiger partial charge in [0, 0.05) is 5.69 Å². The van der Waals surface area contributed by atoms with Gasteiger partial charge in [-0.15, -0.1) is 0 Å². The van der Waals surface area contributed by atoms with Crippen molar-refractivity contribution in [1.29, 1.82) is 0 Å². The van der Waals surface area contributed by atoms with Crippen molar-refractivity contribution in [3.8, 4) is 0 Å². The van der Waals surface area contributed by atoms with Gasteiger partial charge in [-0.1, -0.05) is 44.2 Å². The topological polar surface area (TPSA) is 96.5 Å². The molecule has 3 amide bonds. The van der Waals surface area contributed by atoms with Crippen LogP contribution in [0, 0.1) is 12.8 Å². The van der Waals surface area contributed by atoms with Crippen molar-refractivity contribution in [3.63, 3.8) is 0 Å². The van der Waals surface area contributed by atoms with Gasteiger partial charge in [0.05, 0.1) is 0 Å². The number of hydrogen-bond donors (Lipinski definition) is 3. The Labute approximate surface area is 154 Å². The highest BCUT2D eigenvalue weighted by molar-refractivity contribution is 5.98. The molecule has 0 spiro atoms. The third-order valence-corrected chi connectivity index (χ3v) is 3.63. The van der Waals surface area contributed by atoms with E-state index in [1.54, 1.807) is 32.9 Å². The fraction of sp³-hybridized carbons (Fsp3) is 0.421. The zero-order chi connectivity index (χ0) is 19.7. The van der Waals surface area contributed by atoms with Crippen LogP contribution in [0.3, 0.4) is 0 Å². The Kier molecular flexibility index (Phi) is 8.34. The third-order valence-electron chi connectivity index (χ3n) is 3.63. The second-order valence-electron chi connectivity index (χ2n) is 6.34. The first-order valence-electron chi connectivity index (χ1n) is 8.46. The van der Waals surface area contributed by atoms with E-state index in [1.165, 1.54) is 6.08 Å². The molecule has 0 fully saturated rings. The van der Waals surface area contributed by atoms with Crippen LogP contribution in [0.15, 0.2) is 36.9 Å². The van der Waals surface area contributed by atoms with Crippen molar-refractivity contribution >= 4 is 23.6 Å². The molecule has 0 unspecified atom stereocenters. The summed E-state index contributed by atoms with van der Waals surface area (Å²) >= 11 is 0. The third kappa shape index (κ3) is 6.96. The van der Waals surface area contributed by atoms with Gasteiger partial charge in [0.2, 0.25) is 11.8 Å². The Morgan fingerprint density at radius 3 is 2.23 bits per heavy atom. The molecule has 1 rings (SSSR count). The lowest BCUT2D eigenvalue weighted by Crippen LogP contribution is -2.53. The monoisotopic (exact) mass is 361 g/mol. The highest BCUT2D eigenvalue weighted by Crippen LogP contribution is 2.09. The van der Waals surface area contributed by atoms with Crippen LogP contribution in [0.1, 0.15) is 26.3 Å². The number of amides is 3. The molecule has 0 aromatic heterocycles. The van der Waals surface area contributed by atoms with Crippen LogP contribution in [0.25, 0.3) is 0 Å². The Hall–Kier alpha value is -2.83. The number of carbonyl (C=O) groups is 3. The minimum Gasteiger partial charge on any atom is -0.445 e. The summed E-state index contributed by atoms with van der Waals surface area (Å²) in [6.45, 7) is 10.6. The summed E-state index contributed by atoms with van der Waals surface area (Å²) < 4.78 is 4.84. The molecule has 1 aromatic carbocycles. The minimum absolute atomic E-state index is 0.0492. The van der Waals surface area contributed by atoms with Gasteiger partial charge in [0.1, 0.15) is 18.7 Å². The van der Waals surface area contributed by atoms with Gasteiger partial charge >= 0.3 is 6.09 Å². The molecular formula is C19H27N3O4. The average Bonchev–Trinajstić information content (AvgIpc) is 2.59. The molecule has 142 valence electrons. The quantitative estimate of drug-likeness (QED) is 0.619. The van der Waals surface area contributed by atoms with Crippen molar-refractivity contribution in [3.05, 3.63) is 42.5 Å². The first-order valence-corrected chi connectivity index (χ1v) is 8.46. The minimum atomic E-state index is -0.818. The molecule has 7 heteroatoms. The van der Waals surface area contributed by atoms with Crippen molar-refractivity contribution in [2.45, 2.75) is 39.8 Å². The summed E-state index contributed by atoms with van der Waals surface area (Å²) in [5, 5.41) is 7.85. The van der Waals surface area contributed by atoms with Crippen LogP contribution in [-0.4, -0.2) is 36.6 Å². The van der Waals surface area contributed by atoms with E-state index in [0.717, 1.165) is 5.56 Å². The van der Waals surface area contributed by atoms with E-state index in [0.29, 0.717) is 5.69 Å². The molecule has 26 heavy (non-hydrogen) atoms. The van der Waals surface area contributed by atoms with Crippen LogP contribution in [-0.2, 0) is 14.3 Å². The predicted octanol–water partition coefficient (Wildman–Crippen LogP) is 2.38. The molecule has 0 bridgehead atoms. The standard InChI is InChI=1S/C19H27N3O4/c1-6-11-26-19(25)22-16(12(2)3)18(24)20-14(5)17(23)21-15-9-7-13(4)8-10-15/h6-10,12,14,16H,1,11H2,2-5H3,(H,20,24)(H,21,23)(H,22,25)/t14-,16-/m1/s1. The van der Waals surface area contributed by atoms with Gasteiger partial charge in [0.15, 0.2) is 0 Å². The largest absolute Gasteiger partial charge is 0.445 e. The first-order chi connectivity index (χ1) is 12.2. The molecule has 0 saturated carbocycles. The van der Waals surface area contributed by atoms with E-state index in [1.807, 2.05) is 19.1 Å². The number of carbonyl (C=O) groups excluding carboxylic acids is 3. The molecule has 2 atom stereocenters. The molecule has 1 aromatic rings. The smallest absolute Gasteiger partial charge is 0.408 e. The lowest BCUT2D eigenvalue weighted by Gasteiger charge is -2.23. The summed E-state index contributed by atoms with van der Waals surface area (Å²) in [4.78, 5) is 36.3. The van der Waals surface area contributed by atoms with E-state index < -0.39 is 24.1 Å². The van der Waals surface area contributed by atoms with E-state index >= 15 is 0 Å². The summed E-state index contributed by atoms with van der Waals surface area (Å²) in [6, 6.07) is 5.75. The molecule has 0 saturated heterocycles. The number of rotatable bonds is 8. The number of nitrogens with one attached hydrogen (secondary N) is 3. The number of anilines is 1. The van der Waals surface area contributed by atoms with Crippen molar-refractivity contribution in [1.82, 2.24) is 10.6 Å². The van der Waals surface area contributed by atoms with E-state index in [9.17, 15) is 14.4 Å². The normalized spacial score (nSPS) is 12.7. The fourth-order valence-corrected chi connectivity index (χ4v) is 2.09. The van der Waals surface area contributed by atoms with E-state index in [-0.39, 0.29) is 18.4 Å². The second kappa shape index (κ2) is 10.2. The van der Waals surface area contributed by atoms with Crippen molar-refractivity contribution in [2.24, 2.45) is 5.92 Å². The van der Waals surface area contributed by atoms with Crippen molar-refractivity contribution < 1.29 is 19.1 Å². The maximum Gasteiger partial charge on any atom is 0.408 e. The summed E-state index contributed by atoms with van der Waals surface area (Å²) in [5.41, 5.74) is 1.73. The van der Waals surface area contributed by atoms with Gasteiger partial charge < -0.3 is 20.7 Å². The van der Waals surface area contributed by atoms with Gasteiger partial charge in [0.25, 0.3) is 0 Å². The molecule has 0 aliphatic rings. The van der Waals surface area contributed by atoms with E-state index in [4.69, 9.17) is 4.74 Å². The van der Waals surface area contributed by atoms with Crippen LogP contribution in [0.5, 0.6) is 0 Å². The summed E-state index contributed by atoms with van der Waals surface area (Å²) in [7, 11) is 0. The van der Waals surface area contributed by atoms with Crippen LogP contribution in [0.4, 0.5) is 10.5 Å². The molecule has 7 nitrogen and oxygen atoms in total. The van der Waals surface area contributed by atoms with Gasteiger partial charge in [-0.3, -0.25) is 9.59 Å². The maximum absolute atomic E-state index is 12.4. The first kappa shape index (κ1) is 21.2. The Balaban J connectivity index is 2.63. The zero-order valence-electron chi connectivity index (χ0n) is 15.7. The number of alkyl carbamates (subject to hydrolysis) is 1. The zero-order valence-corrected chi connectivity index (χ0v) is 15.7. The SMILES string of the molecule is C=CCOC(=O)N[C@@H](C(=O)N[C@H](C)C(=O)Nc1ccc(C)cc1)C(C)C. The van der Waals surface area contributed by atoms with E-state index in [2.05, 4.69) is 22.5 Å². The molecule has 3 N–H and O–H groups in total. The van der Waals surface area contributed by atoms with Crippen LogP contribution < -0.4 is 16.0 Å². The van der Waals surface area contributed by atoms with Crippen LogP contribution >= 0.6 is 0 Å². The number of aryl methyl sites for hydroxylation is 1. The predicted molar refractivity (Wildman–Crippen MR) is 101 cm³/mol. The fourth-order valence-electron chi connectivity index (χ4n) is 2.09. The lowest BCUT2D eigenvalue weighted by molar-refractivity contribution is -0.128. The van der Waals surface area contributed by atoms with Crippen molar-refractivity contribution in [2.75, 3.05) is 11.9 Å². The highest BCUT2D eigenvalue weighted by atomic mass is 16.5. The Bertz CT molecular complexity index is 641.